The second kappa shape index (κ2) is 6.08. The van der Waals surface area contributed by atoms with Gasteiger partial charge in [-0.2, -0.15) is 0 Å². The molecule has 0 saturated heterocycles. The first-order chi connectivity index (χ1) is 8.82. The molecule has 104 valence electrons. The van der Waals surface area contributed by atoms with Gasteiger partial charge in [-0.3, -0.25) is 4.90 Å². The molecule has 1 atom stereocenters. The van der Waals surface area contributed by atoms with E-state index in [1.54, 1.807) is 26.0 Å². The second-order valence-corrected chi connectivity index (χ2v) is 4.59. The molecule has 1 rings (SSSR count). The van der Waals surface area contributed by atoms with Gasteiger partial charge in [-0.05, 0) is 18.1 Å². The summed E-state index contributed by atoms with van der Waals surface area (Å²) in [4.78, 5) is 24.2. The quantitative estimate of drug-likeness (QED) is 0.773. The summed E-state index contributed by atoms with van der Waals surface area (Å²) in [6.45, 7) is 3.43. The lowest BCUT2D eigenvalue weighted by Gasteiger charge is -2.23. The van der Waals surface area contributed by atoms with Crippen LogP contribution < -0.4 is 10.2 Å². The lowest BCUT2D eigenvalue weighted by atomic mass is 10.1. The van der Waals surface area contributed by atoms with Crippen LogP contribution in [0.15, 0.2) is 24.3 Å². The highest BCUT2D eigenvalue weighted by Gasteiger charge is 2.25. The van der Waals surface area contributed by atoms with Gasteiger partial charge in [0.1, 0.15) is 11.8 Å². The van der Waals surface area contributed by atoms with Crippen molar-refractivity contribution in [1.82, 2.24) is 5.32 Å². The molecule has 1 aromatic carbocycles. The van der Waals surface area contributed by atoms with Crippen molar-refractivity contribution in [2.24, 2.45) is 5.92 Å². The zero-order valence-electron chi connectivity index (χ0n) is 11.1. The van der Waals surface area contributed by atoms with Crippen LogP contribution in [0.25, 0.3) is 0 Å². The maximum Gasteiger partial charge on any atom is 0.326 e. The number of phenols is 1. The van der Waals surface area contributed by atoms with E-state index in [1.807, 2.05) is 0 Å². The van der Waals surface area contributed by atoms with Crippen LogP contribution in [0.2, 0.25) is 0 Å². The number of carbonyl (C=O) groups excluding carboxylic acids is 1. The molecule has 1 aromatic rings. The molecule has 6 nitrogen and oxygen atoms in total. The van der Waals surface area contributed by atoms with Crippen LogP contribution in [-0.4, -0.2) is 35.3 Å². The fraction of sp³-hybridized carbons (Fsp3) is 0.385. The number of amides is 2. The van der Waals surface area contributed by atoms with Gasteiger partial charge in [-0.25, -0.2) is 9.59 Å². The van der Waals surface area contributed by atoms with Crippen LogP contribution in [0.3, 0.4) is 0 Å². The highest BCUT2D eigenvalue weighted by molar-refractivity contribution is 5.94. The monoisotopic (exact) mass is 266 g/mol. The normalized spacial score (nSPS) is 12.0. The van der Waals surface area contributed by atoms with Crippen LogP contribution >= 0.6 is 0 Å². The minimum atomic E-state index is -1.08. The van der Waals surface area contributed by atoms with Gasteiger partial charge in [0, 0.05) is 18.8 Å². The first kappa shape index (κ1) is 14.8. The molecule has 0 unspecified atom stereocenters. The van der Waals surface area contributed by atoms with E-state index in [1.165, 1.54) is 24.1 Å². The summed E-state index contributed by atoms with van der Waals surface area (Å²) in [6, 6.07) is 4.67. The fourth-order valence-electron chi connectivity index (χ4n) is 1.56. The third kappa shape index (κ3) is 3.87. The number of carboxylic acids is 1. The van der Waals surface area contributed by atoms with Gasteiger partial charge >= 0.3 is 12.0 Å². The number of hydrogen-bond acceptors (Lipinski definition) is 3. The summed E-state index contributed by atoms with van der Waals surface area (Å²) < 4.78 is 0. The Labute approximate surface area is 111 Å². The van der Waals surface area contributed by atoms with Crippen molar-refractivity contribution in [3.8, 4) is 5.75 Å². The number of rotatable bonds is 4. The number of aliphatic carboxylic acids is 1. The van der Waals surface area contributed by atoms with E-state index in [-0.39, 0.29) is 11.7 Å². The van der Waals surface area contributed by atoms with Gasteiger partial charge in [0.2, 0.25) is 0 Å². The molecule has 2 amide bonds. The van der Waals surface area contributed by atoms with E-state index >= 15 is 0 Å². The summed E-state index contributed by atoms with van der Waals surface area (Å²) in [5.41, 5.74) is 0.477. The van der Waals surface area contributed by atoms with Gasteiger partial charge in [-0.1, -0.05) is 19.9 Å². The number of carboxylic acid groups (broad SMARTS) is 1. The average molecular weight is 266 g/mol. The molecular formula is C13H18N2O4. The predicted octanol–water partition coefficient (Wildman–Crippen LogP) is 1.65. The first-order valence-corrected chi connectivity index (χ1v) is 5.89. The van der Waals surface area contributed by atoms with Crippen molar-refractivity contribution >= 4 is 17.7 Å². The number of hydrogen-bond donors (Lipinski definition) is 3. The largest absolute Gasteiger partial charge is 0.508 e. The van der Waals surface area contributed by atoms with Crippen molar-refractivity contribution in [2.75, 3.05) is 11.9 Å². The van der Waals surface area contributed by atoms with Gasteiger partial charge in [-0.15, -0.1) is 0 Å². The van der Waals surface area contributed by atoms with Crippen LogP contribution in [0.5, 0.6) is 5.75 Å². The number of nitrogens with one attached hydrogen (secondary N) is 1. The molecule has 0 radical (unpaired) electrons. The van der Waals surface area contributed by atoms with Gasteiger partial charge in [0.05, 0.1) is 0 Å². The lowest BCUT2D eigenvalue weighted by Crippen LogP contribution is -2.49. The van der Waals surface area contributed by atoms with Gasteiger partial charge in [0.25, 0.3) is 0 Å². The Hall–Kier alpha value is -2.24. The fourth-order valence-corrected chi connectivity index (χ4v) is 1.56. The Morgan fingerprint density at radius 2 is 1.95 bits per heavy atom. The number of benzene rings is 1. The van der Waals surface area contributed by atoms with E-state index in [2.05, 4.69) is 5.32 Å². The number of nitrogens with zero attached hydrogens (tertiary/aromatic N) is 1. The Morgan fingerprint density at radius 3 is 2.42 bits per heavy atom. The zero-order valence-corrected chi connectivity index (χ0v) is 11.1. The van der Waals surface area contributed by atoms with Crippen molar-refractivity contribution in [1.29, 1.82) is 0 Å². The molecule has 6 heteroatoms. The Balaban J connectivity index is 2.80. The highest BCUT2D eigenvalue weighted by Crippen LogP contribution is 2.19. The molecule has 3 N–H and O–H groups in total. The summed E-state index contributed by atoms with van der Waals surface area (Å²) >= 11 is 0. The summed E-state index contributed by atoms with van der Waals surface area (Å²) in [6.07, 6.45) is 0. The number of phenolic OH excluding ortho intramolecular Hbond substituents is 1. The molecule has 0 bridgehead atoms. The van der Waals surface area contributed by atoms with E-state index in [4.69, 9.17) is 5.11 Å². The van der Waals surface area contributed by atoms with Gasteiger partial charge in [0.15, 0.2) is 0 Å². The number of anilines is 1. The van der Waals surface area contributed by atoms with Crippen molar-refractivity contribution in [3.63, 3.8) is 0 Å². The van der Waals surface area contributed by atoms with Crippen LogP contribution in [0.1, 0.15) is 13.8 Å². The summed E-state index contributed by atoms with van der Waals surface area (Å²) in [5, 5.41) is 20.8. The zero-order chi connectivity index (χ0) is 14.6. The minimum absolute atomic E-state index is 0.0378. The molecule has 0 aliphatic heterocycles. The first-order valence-electron chi connectivity index (χ1n) is 5.89. The third-order valence-electron chi connectivity index (χ3n) is 2.73. The van der Waals surface area contributed by atoms with Crippen molar-refractivity contribution in [3.05, 3.63) is 24.3 Å². The maximum atomic E-state index is 11.9. The Kier molecular flexibility index (Phi) is 4.74. The number of urea groups is 1. The average Bonchev–Trinajstić information content (AvgIpc) is 2.33. The number of aromatic hydroxyl groups is 1. The summed E-state index contributed by atoms with van der Waals surface area (Å²) in [5.74, 6) is -1.26. The SMILES string of the molecule is CC(C)[C@H](NC(=O)N(C)c1cccc(O)c1)C(=O)O. The topological polar surface area (TPSA) is 89.9 Å². The van der Waals surface area contributed by atoms with E-state index in [0.29, 0.717) is 5.69 Å². The molecule has 0 aliphatic rings. The van der Waals surface area contributed by atoms with Crippen molar-refractivity contribution in [2.45, 2.75) is 19.9 Å². The smallest absolute Gasteiger partial charge is 0.326 e. The van der Waals surface area contributed by atoms with E-state index in [0.717, 1.165) is 0 Å². The van der Waals surface area contributed by atoms with Gasteiger partial charge < -0.3 is 15.5 Å². The predicted molar refractivity (Wildman–Crippen MR) is 71.3 cm³/mol. The molecule has 0 aromatic heterocycles. The molecule has 0 heterocycles. The molecule has 19 heavy (non-hydrogen) atoms. The standard InChI is InChI=1S/C13H18N2O4/c1-8(2)11(12(17)18)14-13(19)15(3)9-5-4-6-10(16)7-9/h4-8,11,16H,1-3H3,(H,14,19)(H,17,18)/t11-/m0/s1. The third-order valence-corrected chi connectivity index (χ3v) is 2.73. The van der Waals surface area contributed by atoms with Crippen LogP contribution in [-0.2, 0) is 4.79 Å². The molecule has 0 spiro atoms. The van der Waals surface area contributed by atoms with Crippen LogP contribution in [0.4, 0.5) is 10.5 Å². The molecule has 0 aliphatic carbocycles. The second-order valence-electron chi connectivity index (χ2n) is 4.59. The molecule has 0 fully saturated rings. The minimum Gasteiger partial charge on any atom is -0.508 e. The number of carbonyl (C=O) groups is 2. The maximum absolute atomic E-state index is 11.9. The van der Waals surface area contributed by atoms with E-state index < -0.39 is 18.0 Å². The lowest BCUT2D eigenvalue weighted by molar-refractivity contribution is -0.140. The molecule has 0 saturated carbocycles. The molecular weight excluding hydrogens is 248 g/mol. The van der Waals surface area contributed by atoms with E-state index in [9.17, 15) is 14.7 Å². The van der Waals surface area contributed by atoms with Crippen LogP contribution in [0, 0.1) is 5.92 Å². The Morgan fingerprint density at radius 1 is 1.32 bits per heavy atom. The van der Waals surface area contributed by atoms with Crippen molar-refractivity contribution < 1.29 is 19.8 Å². The highest BCUT2D eigenvalue weighted by atomic mass is 16.4. The summed E-state index contributed by atoms with van der Waals surface area (Å²) in [7, 11) is 1.50. The Bertz CT molecular complexity index is 473.